The highest BCUT2D eigenvalue weighted by atomic mass is 127. The van der Waals surface area contributed by atoms with Gasteiger partial charge in [-0.05, 0) is 86.8 Å². The van der Waals surface area contributed by atoms with Gasteiger partial charge in [-0.25, -0.2) is 0 Å². The van der Waals surface area contributed by atoms with Crippen molar-refractivity contribution in [2.45, 2.75) is 12.3 Å². The number of hydrogen-bond acceptors (Lipinski definition) is 1. The van der Waals surface area contributed by atoms with Crippen molar-refractivity contribution in [3.63, 3.8) is 0 Å². The van der Waals surface area contributed by atoms with Crippen molar-refractivity contribution in [3.05, 3.63) is 22.8 Å². The van der Waals surface area contributed by atoms with Crippen molar-refractivity contribution in [3.8, 4) is 0 Å². The molecule has 0 saturated carbocycles. The Morgan fingerprint density at radius 2 is 1.80 bits per heavy atom. The van der Waals surface area contributed by atoms with Crippen molar-refractivity contribution < 1.29 is 4.79 Å². The van der Waals surface area contributed by atoms with Gasteiger partial charge in [-0.15, -0.1) is 11.6 Å². The van der Waals surface area contributed by atoms with E-state index in [-0.39, 0.29) is 5.91 Å². The van der Waals surface area contributed by atoms with Gasteiger partial charge in [0.25, 0.3) is 0 Å². The Hall–Kier alpha value is 1.17. The first-order valence-electron chi connectivity index (χ1n) is 4.01. The van der Waals surface area contributed by atoms with Crippen LogP contribution in [-0.2, 0) is 4.79 Å². The lowest BCUT2D eigenvalue weighted by molar-refractivity contribution is -0.115. The van der Waals surface area contributed by atoms with Crippen LogP contribution in [0.1, 0.15) is 6.92 Å². The van der Waals surface area contributed by atoms with E-state index in [1.54, 1.807) is 6.92 Å². The Morgan fingerprint density at radius 1 is 1.33 bits per heavy atom. The van der Waals surface area contributed by atoms with Gasteiger partial charge in [0.05, 0.1) is 5.69 Å². The van der Waals surface area contributed by atoms with Gasteiger partial charge in [0.2, 0.25) is 5.91 Å². The SMILES string of the molecule is CC(Cl)C(=O)Nc1c(I)cc(I)cc1I. The smallest absolute Gasteiger partial charge is 0.242 e. The first kappa shape index (κ1) is 14.2. The van der Waals surface area contributed by atoms with Crippen LogP contribution >= 0.6 is 79.4 Å². The lowest BCUT2D eigenvalue weighted by Gasteiger charge is -2.11. The molecule has 1 aromatic rings. The fourth-order valence-corrected chi connectivity index (χ4v) is 4.79. The zero-order valence-corrected chi connectivity index (χ0v) is 14.9. The molecule has 1 atom stereocenters. The van der Waals surface area contributed by atoms with E-state index in [1.807, 2.05) is 12.1 Å². The molecule has 0 aliphatic rings. The van der Waals surface area contributed by atoms with Crippen molar-refractivity contribution in [2.24, 2.45) is 0 Å². The van der Waals surface area contributed by atoms with Gasteiger partial charge in [-0.1, -0.05) is 0 Å². The number of halogens is 4. The standard InChI is InChI=1S/C9H7ClI3NO/c1-4(10)9(15)14-8-6(12)2-5(11)3-7(8)13/h2-4H,1H3,(H,14,15). The van der Waals surface area contributed by atoms with Gasteiger partial charge >= 0.3 is 0 Å². The molecule has 1 rings (SSSR count). The average molecular weight is 561 g/mol. The zero-order valence-electron chi connectivity index (χ0n) is 7.65. The average Bonchev–Trinajstić information content (AvgIpc) is 2.10. The molecule has 0 aliphatic carbocycles. The van der Waals surface area contributed by atoms with Crippen LogP contribution in [0.2, 0.25) is 0 Å². The minimum atomic E-state index is -0.518. The van der Waals surface area contributed by atoms with Crippen molar-refractivity contribution in [1.82, 2.24) is 0 Å². The fraction of sp³-hybridized carbons (Fsp3) is 0.222. The summed E-state index contributed by atoms with van der Waals surface area (Å²) in [6.45, 7) is 1.66. The van der Waals surface area contributed by atoms with Crippen LogP contribution in [0.3, 0.4) is 0 Å². The highest BCUT2D eigenvalue weighted by Gasteiger charge is 2.13. The van der Waals surface area contributed by atoms with Crippen LogP contribution in [0.5, 0.6) is 0 Å². The lowest BCUT2D eigenvalue weighted by Crippen LogP contribution is -2.21. The van der Waals surface area contributed by atoms with Crippen LogP contribution in [0, 0.1) is 10.7 Å². The molecule has 0 aliphatic heterocycles. The summed E-state index contributed by atoms with van der Waals surface area (Å²) >= 11 is 12.3. The molecule has 1 amide bonds. The monoisotopic (exact) mass is 561 g/mol. The maximum absolute atomic E-state index is 11.5. The van der Waals surface area contributed by atoms with Crippen LogP contribution in [0.4, 0.5) is 5.69 Å². The number of carbonyl (C=O) groups is 1. The maximum Gasteiger partial charge on any atom is 0.242 e. The molecule has 0 aromatic heterocycles. The van der Waals surface area contributed by atoms with Crippen LogP contribution in [0.25, 0.3) is 0 Å². The van der Waals surface area contributed by atoms with E-state index in [0.29, 0.717) is 0 Å². The molecule has 82 valence electrons. The molecule has 0 bridgehead atoms. The summed E-state index contributed by atoms with van der Waals surface area (Å²) in [6.07, 6.45) is 0. The Morgan fingerprint density at radius 3 is 2.20 bits per heavy atom. The third kappa shape index (κ3) is 4.15. The molecule has 0 fully saturated rings. The molecular weight excluding hydrogens is 554 g/mol. The number of carbonyl (C=O) groups excluding carboxylic acids is 1. The predicted octanol–water partition coefficient (Wildman–Crippen LogP) is 4.07. The summed E-state index contributed by atoms with van der Waals surface area (Å²) in [4.78, 5) is 11.5. The number of hydrogen-bond donors (Lipinski definition) is 1. The van der Waals surface area contributed by atoms with Gasteiger partial charge in [0, 0.05) is 10.7 Å². The van der Waals surface area contributed by atoms with Crippen molar-refractivity contribution in [2.75, 3.05) is 5.32 Å². The Labute approximate surface area is 134 Å². The van der Waals surface area contributed by atoms with E-state index in [2.05, 4.69) is 73.1 Å². The fourth-order valence-electron chi connectivity index (χ4n) is 0.884. The van der Waals surface area contributed by atoms with Gasteiger partial charge < -0.3 is 5.32 Å². The molecular formula is C9H7ClI3NO. The van der Waals surface area contributed by atoms with Gasteiger partial charge in [-0.2, -0.15) is 0 Å². The molecule has 6 heteroatoms. The third-order valence-corrected chi connectivity index (χ3v) is 4.14. The van der Waals surface area contributed by atoms with E-state index in [9.17, 15) is 4.79 Å². The number of nitrogens with one attached hydrogen (secondary N) is 1. The quantitative estimate of drug-likeness (QED) is 0.429. The number of alkyl halides is 1. The molecule has 0 radical (unpaired) electrons. The largest absolute Gasteiger partial charge is 0.323 e. The number of amides is 1. The second-order valence-electron chi connectivity index (χ2n) is 2.85. The van der Waals surface area contributed by atoms with Gasteiger partial charge in [-0.3, -0.25) is 4.79 Å². The second kappa shape index (κ2) is 6.20. The summed E-state index contributed by atoms with van der Waals surface area (Å²) in [7, 11) is 0. The van der Waals surface area contributed by atoms with Crippen LogP contribution in [-0.4, -0.2) is 11.3 Å². The maximum atomic E-state index is 11.5. The molecule has 0 spiro atoms. The normalized spacial score (nSPS) is 12.3. The Balaban J connectivity index is 3.00. The van der Waals surface area contributed by atoms with E-state index in [0.717, 1.165) is 16.4 Å². The highest BCUT2D eigenvalue weighted by Crippen LogP contribution is 2.27. The molecule has 1 unspecified atom stereocenters. The summed E-state index contributed by atoms with van der Waals surface area (Å²) in [5.74, 6) is -0.172. The highest BCUT2D eigenvalue weighted by molar-refractivity contribution is 14.1. The summed E-state index contributed by atoms with van der Waals surface area (Å²) in [5, 5.41) is 2.30. The minimum absolute atomic E-state index is 0.172. The lowest BCUT2D eigenvalue weighted by atomic mass is 10.3. The summed E-state index contributed by atoms with van der Waals surface area (Å²) < 4.78 is 3.20. The molecule has 1 aromatic carbocycles. The van der Waals surface area contributed by atoms with E-state index >= 15 is 0 Å². The summed E-state index contributed by atoms with van der Waals surface area (Å²) in [6, 6.07) is 4.02. The molecule has 1 N–H and O–H groups in total. The molecule has 2 nitrogen and oxygen atoms in total. The Bertz CT molecular complexity index is 372. The van der Waals surface area contributed by atoms with Gasteiger partial charge in [0.1, 0.15) is 5.38 Å². The Kier molecular flexibility index (Phi) is 5.88. The molecule has 0 saturated heterocycles. The zero-order chi connectivity index (χ0) is 11.6. The number of benzene rings is 1. The van der Waals surface area contributed by atoms with Crippen LogP contribution in [0.15, 0.2) is 12.1 Å². The number of rotatable bonds is 2. The molecule has 15 heavy (non-hydrogen) atoms. The first-order valence-corrected chi connectivity index (χ1v) is 7.68. The van der Waals surface area contributed by atoms with Crippen molar-refractivity contribution >= 4 is 91.0 Å². The first-order chi connectivity index (χ1) is 6.91. The molecule has 0 heterocycles. The summed E-state index contributed by atoms with van der Waals surface area (Å²) in [5.41, 5.74) is 0.842. The van der Waals surface area contributed by atoms with E-state index in [4.69, 9.17) is 11.6 Å². The minimum Gasteiger partial charge on any atom is -0.323 e. The topological polar surface area (TPSA) is 29.1 Å². The third-order valence-electron chi connectivity index (χ3n) is 1.62. The van der Waals surface area contributed by atoms with Crippen LogP contribution < -0.4 is 5.32 Å². The predicted molar refractivity (Wildman–Crippen MR) is 88.5 cm³/mol. The van der Waals surface area contributed by atoms with Gasteiger partial charge in [0.15, 0.2) is 0 Å². The van der Waals surface area contributed by atoms with E-state index < -0.39 is 5.38 Å². The second-order valence-corrected chi connectivity index (χ2v) is 7.07. The number of anilines is 1. The van der Waals surface area contributed by atoms with E-state index in [1.165, 1.54) is 0 Å². The van der Waals surface area contributed by atoms with Crippen molar-refractivity contribution in [1.29, 1.82) is 0 Å².